The van der Waals surface area contributed by atoms with Crippen molar-refractivity contribution in [1.82, 2.24) is 14.1 Å². The van der Waals surface area contributed by atoms with Gasteiger partial charge in [0.1, 0.15) is 6.54 Å². The number of halogens is 1. The van der Waals surface area contributed by atoms with E-state index in [9.17, 15) is 18.0 Å². The first-order valence-corrected chi connectivity index (χ1v) is 11.3. The second-order valence-electron chi connectivity index (χ2n) is 6.90. The van der Waals surface area contributed by atoms with E-state index in [0.29, 0.717) is 24.0 Å². The number of rotatable bonds is 5. The number of carbonyl (C=O) groups excluding carboxylic acids is 1. The van der Waals surface area contributed by atoms with Gasteiger partial charge < -0.3 is 10.1 Å². The first kappa shape index (κ1) is 21.4. The number of sulfonamides is 1. The highest BCUT2D eigenvalue weighted by Gasteiger charge is 2.27. The molecular formula is C20H19ClN4O5S. The maximum atomic E-state index is 12.9. The van der Waals surface area contributed by atoms with Crippen molar-refractivity contribution in [3.05, 3.63) is 64.0 Å². The van der Waals surface area contributed by atoms with Crippen LogP contribution in [0.3, 0.4) is 0 Å². The number of aromatic nitrogens is 2. The Morgan fingerprint density at radius 1 is 1.16 bits per heavy atom. The quantitative estimate of drug-likeness (QED) is 0.618. The Labute approximate surface area is 183 Å². The Hall–Kier alpha value is -2.79. The maximum absolute atomic E-state index is 12.9. The summed E-state index contributed by atoms with van der Waals surface area (Å²) in [7, 11) is -3.75. The van der Waals surface area contributed by atoms with E-state index in [4.69, 9.17) is 16.3 Å². The summed E-state index contributed by atoms with van der Waals surface area (Å²) in [5.41, 5.74) is -0.266. The lowest BCUT2D eigenvalue weighted by Crippen LogP contribution is -2.40. The first-order valence-electron chi connectivity index (χ1n) is 9.48. The number of nitrogens with one attached hydrogen (secondary N) is 1. The zero-order valence-corrected chi connectivity index (χ0v) is 17.9. The minimum Gasteiger partial charge on any atom is -0.379 e. The van der Waals surface area contributed by atoms with Crippen molar-refractivity contribution in [3.63, 3.8) is 0 Å². The maximum Gasteiger partial charge on any atom is 0.275 e. The van der Waals surface area contributed by atoms with Gasteiger partial charge in [-0.05, 0) is 24.3 Å². The van der Waals surface area contributed by atoms with Gasteiger partial charge in [-0.1, -0.05) is 29.8 Å². The summed E-state index contributed by atoms with van der Waals surface area (Å²) in [6.45, 7) is 0.806. The molecule has 1 aromatic heterocycles. The third kappa shape index (κ3) is 4.47. The van der Waals surface area contributed by atoms with E-state index in [1.54, 1.807) is 24.3 Å². The minimum atomic E-state index is -3.75. The second-order valence-corrected chi connectivity index (χ2v) is 9.25. The summed E-state index contributed by atoms with van der Waals surface area (Å²) in [5, 5.41) is 7.89. The molecule has 0 atom stereocenters. The molecule has 162 valence electrons. The number of anilines is 1. The van der Waals surface area contributed by atoms with Gasteiger partial charge >= 0.3 is 0 Å². The van der Waals surface area contributed by atoms with Crippen LogP contribution in [-0.2, 0) is 26.1 Å². The fourth-order valence-corrected chi connectivity index (χ4v) is 4.86. The molecule has 1 fully saturated rings. The van der Waals surface area contributed by atoms with E-state index < -0.39 is 21.5 Å². The van der Waals surface area contributed by atoms with Crippen LogP contribution in [0.2, 0.25) is 5.02 Å². The summed E-state index contributed by atoms with van der Waals surface area (Å²) in [6, 6.07) is 11.0. The van der Waals surface area contributed by atoms with Crippen molar-refractivity contribution in [2.24, 2.45) is 0 Å². The van der Waals surface area contributed by atoms with Crippen molar-refractivity contribution < 1.29 is 17.9 Å². The third-order valence-electron chi connectivity index (χ3n) is 4.87. The number of hydrogen-bond acceptors (Lipinski definition) is 6. The van der Waals surface area contributed by atoms with Crippen molar-refractivity contribution in [2.45, 2.75) is 11.4 Å². The number of carbonyl (C=O) groups is 1. The van der Waals surface area contributed by atoms with E-state index in [1.165, 1.54) is 28.7 Å². The molecule has 1 N–H and O–H groups in total. The predicted molar refractivity (Wildman–Crippen MR) is 116 cm³/mol. The van der Waals surface area contributed by atoms with Crippen LogP contribution in [-0.4, -0.2) is 54.7 Å². The van der Waals surface area contributed by atoms with Gasteiger partial charge in [-0.15, -0.1) is 0 Å². The summed E-state index contributed by atoms with van der Waals surface area (Å²) in [4.78, 5) is 25.1. The largest absolute Gasteiger partial charge is 0.379 e. The van der Waals surface area contributed by atoms with Gasteiger partial charge in [0.2, 0.25) is 15.9 Å². The first-order chi connectivity index (χ1) is 14.9. The van der Waals surface area contributed by atoms with Gasteiger partial charge in [0.25, 0.3) is 5.56 Å². The molecule has 3 aromatic rings. The zero-order valence-electron chi connectivity index (χ0n) is 16.3. The summed E-state index contributed by atoms with van der Waals surface area (Å²) in [6.07, 6.45) is 1.51. The molecule has 2 heterocycles. The lowest BCUT2D eigenvalue weighted by atomic mass is 10.2. The monoisotopic (exact) mass is 462 g/mol. The lowest BCUT2D eigenvalue weighted by Gasteiger charge is -2.26. The summed E-state index contributed by atoms with van der Waals surface area (Å²) < 4.78 is 33.3. The second kappa shape index (κ2) is 8.75. The predicted octanol–water partition coefficient (Wildman–Crippen LogP) is 1.71. The fourth-order valence-electron chi connectivity index (χ4n) is 3.26. The average molecular weight is 463 g/mol. The molecular weight excluding hydrogens is 444 g/mol. The molecule has 4 rings (SSSR count). The molecule has 1 aliphatic heterocycles. The van der Waals surface area contributed by atoms with E-state index in [-0.39, 0.29) is 35.2 Å². The molecule has 1 saturated heterocycles. The van der Waals surface area contributed by atoms with Crippen molar-refractivity contribution in [3.8, 4) is 0 Å². The van der Waals surface area contributed by atoms with Crippen LogP contribution >= 0.6 is 11.6 Å². The van der Waals surface area contributed by atoms with Crippen LogP contribution in [0.25, 0.3) is 10.8 Å². The van der Waals surface area contributed by atoms with E-state index in [1.807, 2.05) is 0 Å². The molecule has 0 unspecified atom stereocenters. The lowest BCUT2D eigenvalue weighted by molar-refractivity contribution is -0.117. The highest BCUT2D eigenvalue weighted by molar-refractivity contribution is 7.89. The number of hydrogen-bond donors (Lipinski definition) is 1. The Kier molecular flexibility index (Phi) is 6.05. The SMILES string of the molecule is O=C(Cn1ncc2ccccc2c1=O)Nc1cc(S(=O)(=O)N2CCOCC2)ccc1Cl. The topological polar surface area (TPSA) is 111 Å². The molecule has 2 aromatic carbocycles. The highest BCUT2D eigenvalue weighted by atomic mass is 35.5. The van der Waals surface area contributed by atoms with Crippen molar-refractivity contribution in [1.29, 1.82) is 0 Å². The molecule has 31 heavy (non-hydrogen) atoms. The molecule has 9 nitrogen and oxygen atoms in total. The Morgan fingerprint density at radius 2 is 1.90 bits per heavy atom. The fraction of sp³-hybridized carbons (Fsp3) is 0.250. The minimum absolute atomic E-state index is 0.00935. The van der Waals surface area contributed by atoms with Crippen LogP contribution in [0, 0.1) is 0 Å². The number of fused-ring (bicyclic) bond motifs is 1. The number of morpholine rings is 1. The highest BCUT2D eigenvalue weighted by Crippen LogP contribution is 2.27. The van der Waals surface area contributed by atoms with Crippen LogP contribution in [0.1, 0.15) is 0 Å². The van der Waals surface area contributed by atoms with Crippen molar-refractivity contribution in [2.75, 3.05) is 31.6 Å². The standard InChI is InChI=1S/C20H19ClN4O5S/c21-17-6-5-15(31(28,29)24-7-9-30-10-8-24)11-18(17)23-19(26)13-25-20(27)16-4-2-1-3-14(16)12-22-25/h1-6,11-12H,7-10,13H2,(H,23,26). The molecule has 0 saturated carbocycles. The zero-order chi connectivity index (χ0) is 22.0. The third-order valence-corrected chi connectivity index (χ3v) is 7.10. The summed E-state index contributed by atoms with van der Waals surface area (Å²) in [5.74, 6) is -0.562. The van der Waals surface area contributed by atoms with Gasteiger partial charge in [-0.2, -0.15) is 9.40 Å². The van der Waals surface area contributed by atoms with E-state index in [2.05, 4.69) is 10.4 Å². The van der Waals surface area contributed by atoms with Gasteiger partial charge in [0.05, 0.1) is 40.4 Å². The number of ether oxygens (including phenoxy) is 1. The molecule has 11 heteroatoms. The van der Waals surface area contributed by atoms with Gasteiger partial charge in [-0.25, -0.2) is 13.1 Å². The van der Waals surface area contributed by atoms with E-state index in [0.717, 1.165) is 4.68 Å². The average Bonchev–Trinajstić information content (AvgIpc) is 2.78. The van der Waals surface area contributed by atoms with Gasteiger partial charge in [0, 0.05) is 18.5 Å². The molecule has 1 aliphatic rings. The molecule has 0 radical (unpaired) electrons. The Morgan fingerprint density at radius 3 is 2.68 bits per heavy atom. The normalized spacial score (nSPS) is 15.1. The number of nitrogens with zero attached hydrogens (tertiary/aromatic N) is 3. The van der Waals surface area contributed by atoms with E-state index >= 15 is 0 Å². The Bertz CT molecular complexity index is 1300. The number of amides is 1. The van der Waals surface area contributed by atoms with Crippen LogP contribution in [0.4, 0.5) is 5.69 Å². The van der Waals surface area contributed by atoms with Crippen molar-refractivity contribution >= 4 is 44.0 Å². The molecule has 1 amide bonds. The number of benzene rings is 2. The molecule has 0 bridgehead atoms. The molecule has 0 spiro atoms. The molecule has 0 aliphatic carbocycles. The smallest absolute Gasteiger partial charge is 0.275 e. The van der Waals surface area contributed by atoms with Crippen LogP contribution < -0.4 is 10.9 Å². The van der Waals surface area contributed by atoms with Crippen LogP contribution in [0.5, 0.6) is 0 Å². The van der Waals surface area contributed by atoms with Gasteiger partial charge in [-0.3, -0.25) is 9.59 Å². The summed E-state index contributed by atoms with van der Waals surface area (Å²) >= 11 is 6.16. The Balaban J connectivity index is 1.55. The van der Waals surface area contributed by atoms with Gasteiger partial charge in [0.15, 0.2) is 0 Å². The van der Waals surface area contributed by atoms with Crippen LogP contribution in [0.15, 0.2) is 58.4 Å².